The molecule has 3 aromatic rings. The number of aromatic nitrogens is 1. The number of methoxy groups -OCH3 is 1. The van der Waals surface area contributed by atoms with E-state index in [4.69, 9.17) is 18.9 Å². The molecule has 0 spiro atoms. The van der Waals surface area contributed by atoms with Crippen molar-refractivity contribution < 1.29 is 23.7 Å². The molecule has 0 N–H and O–H groups in total. The fraction of sp³-hybridized carbons (Fsp3) is 0.385. The monoisotopic (exact) mass is 482 g/mol. The molecule has 0 unspecified atom stereocenters. The molecule has 0 saturated carbocycles. The largest absolute Gasteiger partial charge is 0.493 e. The van der Waals surface area contributed by atoms with Gasteiger partial charge in [-0.2, -0.15) is 0 Å². The summed E-state index contributed by atoms with van der Waals surface area (Å²) in [7, 11) is 1.63. The number of rotatable bonds is 8. The van der Waals surface area contributed by atoms with Crippen LogP contribution in [0.2, 0.25) is 0 Å². The van der Waals surface area contributed by atoms with Crippen LogP contribution in [0.1, 0.15) is 42.4 Å². The first-order valence-corrected chi connectivity index (χ1v) is 12.1. The number of esters is 1. The predicted molar refractivity (Wildman–Crippen MR) is 132 cm³/mol. The summed E-state index contributed by atoms with van der Waals surface area (Å²) >= 11 is 1.58. The smallest absolute Gasteiger partial charge is 0.338 e. The molecule has 0 amide bonds. The number of thiazole rings is 1. The van der Waals surface area contributed by atoms with Gasteiger partial charge >= 0.3 is 5.97 Å². The number of ether oxygens (including phenoxy) is 4. The lowest BCUT2D eigenvalue weighted by molar-refractivity contribution is 0.00695. The zero-order chi connectivity index (χ0) is 24.1. The van der Waals surface area contributed by atoms with Crippen molar-refractivity contribution in [3.05, 3.63) is 64.6 Å². The molecular formula is C26H30N2O5S. The summed E-state index contributed by atoms with van der Waals surface area (Å²) in [4.78, 5) is 20.2. The lowest BCUT2D eigenvalue weighted by Gasteiger charge is -2.26. The van der Waals surface area contributed by atoms with Gasteiger partial charge in [0, 0.05) is 34.9 Å². The summed E-state index contributed by atoms with van der Waals surface area (Å²) in [5, 5.41) is 0. The second kappa shape index (κ2) is 10.4. The highest BCUT2D eigenvalue weighted by Gasteiger charge is 2.22. The Morgan fingerprint density at radius 2 is 2.00 bits per heavy atom. The predicted octanol–water partition coefficient (Wildman–Crippen LogP) is 5.61. The number of anilines is 2. The Bertz CT molecular complexity index is 1100. The summed E-state index contributed by atoms with van der Waals surface area (Å²) in [5.41, 5.74) is 3.51. The van der Waals surface area contributed by atoms with Gasteiger partial charge in [0.2, 0.25) is 0 Å². The zero-order valence-electron chi connectivity index (χ0n) is 19.9. The molecular weight excluding hydrogens is 452 g/mol. The van der Waals surface area contributed by atoms with Gasteiger partial charge in [-0.3, -0.25) is 4.98 Å². The van der Waals surface area contributed by atoms with Crippen LogP contribution < -0.4 is 14.4 Å². The molecule has 0 radical (unpaired) electrons. The second-order valence-electron chi connectivity index (χ2n) is 9.04. The average Bonchev–Trinajstić information content (AvgIpc) is 3.51. The third kappa shape index (κ3) is 6.07. The number of hydrogen-bond acceptors (Lipinski definition) is 8. The molecule has 2 heterocycles. The Labute approximate surface area is 204 Å². The van der Waals surface area contributed by atoms with Crippen molar-refractivity contribution >= 4 is 28.7 Å². The minimum Gasteiger partial charge on any atom is -0.493 e. The molecule has 1 aliphatic heterocycles. The maximum atomic E-state index is 12.7. The van der Waals surface area contributed by atoms with E-state index in [1.165, 1.54) is 0 Å². The number of hydrogen-bond donors (Lipinski definition) is 0. The Morgan fingerprint density at radius 3 is 2.68 bits per heavy atom. The number of benzene rings is 2. The van der Waals surface area contributed by atoms with Gasteiger partial charge in [0.1, 0.15) is 11.7 Å². The maximum absolute atomic E-state index is 12.7. The van der Waals surface area contributed by atoms with Crippen molar-refractivity contribution in [3.63, 3.8) is 0 Å². The van der Waals surface area contributed by atoms with Crippen molar-refractivity contribution in [2.75, 3.05) is 25.2 Å². The van der Waals surface area contributed by atoms with Gasteiger partial charge in [0.25, 0.3) is 0 Å². The molecule has 1 saturated heterocycles. The molecule has 1 aromatic heterocycles. The van der Waals surface area contributed by atoms with Crippen molar-refractivity contribution in [3.8, 4) is 11.5 Å². The van der Waals surface area contributed by atoms with Crippen LogP contribution >= 0.6 is 11.3 Å². The van der Waals surface area contributed by atoms with Crippen LogP contribution in [0.3, 0.4) is 0 Å². The van der Waals surface area contributed by atoms with E-state index >= 15 is 0 Å². The fourth-order valence-corrected chi connectivity index (χ4v) is 4.24. The minimum atomic E-state index is -0.568. The third-order valence-electron chi connectivity index (χ3n) is 5.23. The summed E-state index contributed by atoms with van der Waals surface area (Å²) in [6.07, 6.45) is 2.69. The van der Waals surface area contributed by atoms with Crippen molar-refractivity contribution in [1.29, 1.82) is 0 Å². The van der Waals surface area contributed by atoms with Gasteiger partial charge < -0.3 is 23.8 Å². The minimum absolute atomic E-state index is 0.00501. The first-order chi connectivity index (χ1) is 16.3. The topological polar surface area (TPSA) is 70.1 Å². The van der Waals surface area contributed by atoms with Crippen molar-refractivity contribution in [1.82, 2.24) is 4.98 Å². The average molecular weight is 483 g/mol. The molecule has 34 heavy (non-hydrogen) atoms. The van der Waals surface area contributed by atoms with Gasteiger partial charge in [-0.05, 0) is 51.1 Å². The molecule has 8 heteroatoms. The molecule has 4 rings (SSSR count). The molecule has 2 aromatic carbocycles. The van der Waals surface area contributed by atoms with Crippen molar-refractivity contribution in [2.24, 2.45) is 0 Å². The van der Waals surface area contributed by atoms with Gasteiger partial charge in [-0.1, -0.05) is 6.07 Å². The molecule has 0 bridgehead atoms. The molecule has 1 atom stereocenters. The van der Waals surface area contributed by atoms with Gasteiger partial charge in [-0.25, -0.2) is 4.79 Å². The van der Waals surface area contributed by atoms with Crippen LogP contribution in [0.4, 0.5) is 11.4 Å². The highest BCUT2D eigenvalue weighted by atomic mass is 32.1. The lowest BCUT2D eigenvalue weighted by Crippen LogP contribution is -2.24. The van der Waals surface area contributed by atoms with E-state index in [9.17, 15) is 4.79 Å². The number of nitrogens with zero attached hydrogens (tertiary/aromatic N) is 2. The zero-order valence-corrected chi connectivity index (χ0v) is 20.8. The van der Waals surface area contributed by atoms with Gasteiger partial charge in [-0.15, -0.1) is 11.3 Å². The molecule has 7 nitrogen and oxygen atoms in total. The number of carbonyl (C=O) groups excluding carboxylic acids is 1. The second-order valence-corrected chi connectivity index (χ2v) is 10.0. The van der Waals surface area contributed by atoms with E-state index in [0.717, 1.165) is 22.7 Å². The number of carbonyl (C=O) groups is 1. The van der Waals surface area contributed by atoms with E-state index in [1.54, 1.807) is 24.5 Å². The summed E-state index contributed by atoms with van der Waals surface area (Å²) in [6.45, 7) is 7.43. The quantitative estimate of drug-likeness (QED) is 0.386. The van der Waals surface area contributed by atoms with E-state index in [-0.39, 0.29) is 12.1 Å². The van der Waals surface area contributed by atoms with Crippen LogP contribution in [0.5, 0.6) is 11.5 Å². The summed E-state index contributed by atoms with van der Waals surface area (Å²) in [6, 6.07) is 13.3. The normalized spacial score (nSPS) is 15.7. The molecule has 180 valence electrons. The highest BCUT2D eigenvalue weighted by molar-refractivity contribution is 7.09. The van der Waals surface area contributed by atoms with Gasteiger partial charge in [0.05, 0.1) is 37.9 Å². The Balaban J connectivity index is 1.70. The van der Waals surface area contributed by atoms with E-state index in [1.807, 2.05) is 68.9 Å². The van der Waals surface area contributed by atoms with Gasteiger partial charge in [0.15, 0.2) is 11.5 Å². The maximum Gasteiger partial charge on any atom is 0.338 e. The van der Waals surface area contributed by atoms with Crippen LogP contribution in [0.25, 0.3) is 0 Å². The van der Waals surface area contributed by atoms with E-state index in [2.05, 4.69) is 9.88 Å². The summed E-state index contributed by atoms with van der Waals surface area (Å²) in [5.74, 6) is 0.969. The van der Waals surface area contributed by atoms with Crippen LogP contribution in [-0.4, -0.2) is 43.0 Å². The standard InChI is InChI=1S/C26H30N2O5S/c1-26(2,3)33-25(29)18-6-5-7-19(12-18)28(15-22-14-27-17-34-22)20-8-9-23(30-4)24(13-20)32-21-10-11-31-16-21/h5-9,12-14,17,21H,10-11,15-16H2,1-4H3/t21-/m1/s1. The Kier molecular flexibility index (Phi) is 7.38. The van der Waals surface area contributed by atoms with Crippen LogP contribution in [0.15, 0.2) is 54.2 Å². The Hall–Kier alpha value is -3.10. The third-order valence-corrected chi connectivity index (χ3v) is 5.99. The SMILES string of the molecule is COc1ccc(N(Cc2cncs2)c2cccc(C(=O)OC(C)(C)C)c2)cc1O[C@@H]1CCOC1. The lowest BCUT2D eigenvalue weighted by atomic mass is 10.1. The van der Waals surface area contributed by atoms with Crippen LogP contribution in [-0.2, 0) is 16.0 Å². The first kappa shape index (κ1) is 24.0. The van der Waals surface area contributed by atoms with Crippen molar-refractivity contribution in [2.45, 2.75) is 45.4 Å². The molecule has 1 aliphatic rings. The summed E-state index contributed by atoms with van der Waals surface area (Å²) < 4.78 is 22.8. The first-order valence-electron chi connectivity index (χ1n) is 11.2. The van der Waals surface area contributed by atoms with E-state index in [0.29, 0.717) is 36.8 Å². The van der Waals surface area contributed by atoms with Crippen LogP contribution in [0, 0.1) is 0 Å². The Morgan fingerprint density at radius 1 is 1.18 bits per heavy atom. The fourth-order valence-electron chi connectivity index (χ4n) is 3.66. The van der Waals surface area contributed by atoms with E-state index < -0.39 is 5.60 Å². The molecule has 1 fully saturated rings. The molecule has 0 aliphatic carbocycles. The highest BCUT2D eigenvalue weighted by Crippen LogP contribution is 2.37.